The number of alkyl halides is 2. The van der Waals surface area contributed by atoms with Crippen molar-refractivity contribution in [2.75, 3.05) is 12.4 Å². The summed E-state index contributed by atoms with van der Waals surface area (Å²) in [5, 5.41) is 3.38. The van der Waals surface area contributed by atoms with Crippen molar-refractivity contribution in [3.05, 3.63) is 24.3 Å². The third-order valence-corrected chi connectivity index (χ3v) is 4.24. The Balaban J connectivity index is 2.08. The maximum Gasteiger partial charge on any atom is 0.288 e. The average molecular weight is 287 g/mol. The van der Waals surface area contributed by atoms with Gasteiger partial charge in [-0.05, 0) is 25.0 Å². The number of methoxy groups -OCH3 is 1. The molecule has 0 spiro atoms. The second-order valence-corrected chi connectivity index (χ2v) is 5.72. The van der Waals surface area contributed by atoms with E-state index in [1.165, 1.54) is 6.42 Å². The maximum atomic E-state index is 12.5. The molecular formula is C14H19F2NOS. The second kappa shape index (κ2) is 7.10. The molecule has 5 heteroatoms. The van der Waals surface area contributed by atoms with Crippen molar-refractivity contribution in [2.24, 2.45) is 0 Å². The van der Waals surface area contributed by atoms with E-state index in [0.717, 1.165) is 24.9 Å². The molecule has 0 saturated heterocycles. The van der Waals surface area contributed by atoms with E-state index in [1.54, 1.807) is 19.2 Å². The van der Waals surface area contributed by atoms with E-state index in [9.17, 15) is 8.78 Å². The molecule has 19 heavy (non-hydrogen) atoms. The highest BCUT2D eigenvalue weighted by molar-refractivity contribution is 7.99. The van der Waals surface area contributed by atoms with Crippen LogP contribution in [0.1, 0.15) is 25.7 Å². The van der Waals surface area contributed by atoms with E-state index in [0.29, 0.717) is 16.7 Å². The van der Waals surface area contributed by atoms with Gasteiger partial charge in [0.1, 0.15) is 0 Å². The van der Waals surface area contributed by atoms with Crippen LogP contribution in [0.5, 0.6) is 0 Å². The van der Waals surface area contributed by atoms with Crippen LogP contribution in [0.3, 0.4) is 0 Å². The highest BCUT2D eigenvalue weighted by atomic mass is 32.2. The van der Waals surface area contributed by atoms with Gasteiger partial charge in [-0.25, -0.2) is 0 Å². The van der Waals surface area contributed by atoms with Gasteiger partial charge in [0.2, 0.25) is 0 Å². The molecule has 2 nitrogen and oxygen atoms in total. The van der Waals surface area contributed by atoms with Gasteiger partial charge in [-0.2, -0.15) is 8.78 Å². The molecule has 0 aliphatic heterocycles. The number of rotatable bonds is 5. The van der Waals surface area contributed by atoms with Crippen LogP contribution in [-0.2, 0) is 4.74 Å². The number of hydrogen-bond donors (Lipinski definition) is 1. The zero-order valence-electron chi connectivity index (χ0n) is 10.9. The monoisotopic (exact) mass is 287 g/mol. The number of halogens is 2. The number of para-hydroxylation sites is 1. The largest absolute Gasteiger partial charge is 0.379 e. The lowest BCUT2D eigenvalue weighted by Crippen LogP contribution is -2.37. The Hall–Kier alpha value is -0.810. The molecule has 1 N–H and O–H groups in total. The molecule has 0 amide bonds. The van der Waals surface area contributed by atoms with Crippen LogP contribution in [0.25, 0.3) is 0 Å². The van der Waals surface area contributed by atoms with Gasteiger partial charge in [0.15, 0.2) is 0 Å². The summed E-state index contributed by atoms with van der Waals surface area (Å²) < 4.78 is 30.5. The first-order valence-electron chi connectivity index (χ1n) is 6.54. The molecule has 0 aromatic heterocycles. The number of benzene rings is 1. The van der Waals surface area contributed by atoms with Crippen molar-refractivity contribution in [2.45, 2.75) is 48.5 Å². The van der Waals surface area contributed by atoms with E-state index in [1.807, 2.05) is 12.1 Å². The highest BCUT2D eigenvalue weighted by Gasteiger charge is 2.25. The molecule has 0 radical (unpaired) electrons. The molecule has 2 atom stereocenters. The second-order valence-electron chi connectivity index (χ2n) is 4.68. The Labute approximate surface area is 116 Å². The lowest BCUT2D eigenvalue weighted by Gasteiger charge is -2.32. The van der Waals surface area contributed by atoms with Crippen molar-refractivity contribution in [3.63, 3.8) is 0 Å². The minimum absolute atomic E-state index is 0.165. The summed E-state index contributed by atoms with van der Waals surface area (Å²) in [6.07, 6.45) is 4.54. The first-order valence-corrected chi connectivity index (χ1v) is 7.42. The van der Waals surface area contributed by atoms with Crippen LogP contribution < -0.4 is 5.32 Å². The summed E-state index contributed by atoms with van der Waals surface area (Å²) in [4.78, 5) is 0.595. The predicted octanol–water partition coefficient (Wildman–Crippen LogP) is 4.37. The summed E-state index contributed by atoms with van der Waals surface area (Å²) >= 11 is 0.586. The van der Waals surface area contributed by atoms with Gasteiger partial charge in [0.25, 0.3) is 5.76 Å². The number of ether oxygens (including phenoxy) is 1. The Morgan fingerprint density at radius 3 is 2.74 bits per heavy atom. The Morgan fingerprint density at radius 2 is 2.00 bits per heavy atom. The zero-order chi connectivity index (χ0) is 13.7. The van der Waals surface area contributed by atoms with Crippen LogP contribution in [0, 0.1) is 0 Å². The van der Waals surface area contributed by atoms with E-state index >= 15 is 0 Å². The van der Waals surface area contributed by atoms with Gasteiger partial charge in [-0.15, -0.1) is 0 Å². The van der Waals surface area contributed by atoms with Crippen LogP contribution in [0.2, 0.25) is 0 Å². The molecule has 0 heterocycles. The van der Waals surface area contributed by atoms with Gasteiger partial charge in [0.05, 0.1) is 12.1 Å². The lowest BCUT2D eigenvalue weighted by atomic mass is 9.92. The molecule has 2 unspecified atom stereocenters. The minimum atomic E-state index is -2.40. The molecule has 1 aliphatic carbocycles. The van der Waals surface area contributed by atoms with E-state index in [2.05, 4.69) is 5.32 Å². The fourth-order valence-electron chi connectivity index (χ4n) is 2.53. The molecular weight excluding hydrogens is 268 g/mol. The highest BCUT2D eigenvalue weighted by Crippen LogP contribution is 2.33. The number of anilines is 1. The molecule has 1 fully saturated rings. The molecule has 1 aromatic carbocycles. The lowest BCUT2D eigenvalue weighted by molar-refractivity contribution is 0.0605. The van der Waals surface area contributed by atoms with Crippen LogP contribution >= 0.6 is 11.8 Å². The SMILES string of the molecule is COC1CCCCC1Nc1ccccc1SC(F)F. The average Bonchev–Trinajstić information content (AvgIpc) is 2.41. The summed E-state index contributed by atoms with van der Waals surface area (Å²) in [6, 6.07) is 7.43. The van der Waals surface area contributed by atoms with Crippen molar-refractivity contribution in [1.82, 2.24) is 0 Å². The van der Waals surface area contributed by atoms with Gasteiger partial charge in [-0.3, -0.25) is 0 Å². The molecule has 2 rings (SSSR count). The molecule has 1 saturated carbocycles. The zero-order valence-corrected chi connectivity index (χ0v) is 11.8. The quantitative estimate of drug-likeness (QED) is 0.812. The summed E-state index contributed by atoms with van der Waals surface area (Å²) in [7, 11) is 1.71. The van der Waals surface area contributed by atoms with Crippen molar-refractivity contribution >= 4 is 17.4 Å². The Kier molecular flexibility index (Phi) is 5.45. The first-order chi connectivity index (χ1) is 9.20. The van der Waals surface area contributed by atoms with Gasteiger partial charge < -0.3 is 10.1 Å². The van der Waals surface area contributed by atoms with Crippen LogP contribution in [0.15, 0.2) is 29.2 Å². The fourth-order valence-corrected chi connectivity index (χ4v) is 3.13. The minimum Gasteiger partial charge on any atom is -0.379 e. The summed E-state index contributed by atoms with van der Waals surface area (Å²) in [6.45, 7) is 0. The molecule has 0 bridgehead atoms. The van der Waals surface area contributed by atoms with Gasteiger partial charge in [0, 0.05) is 17.7 Å². The standard InChI is InChI=1S/C14H19F2NOS/c1-18-12-8-4-2-6-10(12)17-11-7-3-5-9-13(11)19-14(15)16/h3,5,7,9-10,12,14,17H,2,4,6,8H2,1H3. The summed E-state index contributed by atoms with van der Waals surface area (Å²) in [5.41, 5.74) is 0.779. The van der Waals surface area contributed by atoms with E-state index in [4.69, 9.17) is 4.74 Å². The van der Waals surface area contributed by atoms with Crippen molar-refractivity contribution in [3.8, 4) is 0 Å². The van der Waals surface area contributed by atoms with Crippen molar-refractivity contribution < 1.29 is 13.5 Å². The van der Waals surface area contributed by atoms with E-state index < -0.39 is 5.76 Å². The topological polar surface area (TPSA) is 21.3 Å². The number of hydrogen-bond acceptors (Lipinski definition) is 3. The van der Waals surface area contributed by atoms with Gasteiger partial charge >= 0.3 is 0 Å². The molecule has 1 aliphatic rings. The first kappa shape index (κ1) is 14.6. The van der Waals surface area contributed by atoms with E-state index in [-0.39, 0.29) is 12.1 Å². The Bertz CT molecular complexity index is 403. The normalized spacial score (nSPS) is 23.6. The maximum absolute atomic E-state index is 12.5. The number of thioether (sulfide) groups is 1. The predicted molar refractivity (Wildman–Crippen MR) is 75.0 cm³/mol. The smallest absolute Gasteiger partial charge is 0.288 e. The third-order valence-electron chi connectivity index (χ3n) is 3.45. The van der Waals surface area contributed by atoms with Crippen molar-refractivity contribution in [1.29, 1.82) is 0 Å². The summed E-state index contributed by atoms with van der Waals surface area (Å²) in [5.74, 6) is -2.40. The van der Waals surface area contributed by atoms with Gasteiger partial charge in [-0.1, -0.05) is 36.7 Å². The fraction of sp³-hybridized carbons (Fsp3) is 0.571. The number of nitrogens with one attached hydrogen (secondary N) is 1. The molecule has 1 aromatic rings. The van der Waals surface area contributed by atoms with Crippen LogP contribution in [0.4, 0.5) is 14.5 Å². The van der Waals surface area contributed by atoms with Crippen LogP contribution in [-0.4, -0.2) is 25.0 Å². The molecule has 106 valence electrons. The third kappa shape index (κ3) is 4.08. The Morgan fingerprint density at radius 1 is 1.26 bits per heavy atom.